The summed E-state index contributed by atoms with van der Waals surface area (Å²) in [6, 6.07) is 0. The molecule has 35 heavy (non-hydrogen) atoms. The minimum Gasteiger partial charge on any atom is -0.378 e. The van der Waals surface area contributed by atoms with E-state index in [4.69, 9.17) is 9.47 Å². The molecule has 4 aliphatic carbocycles. The minimum absolute atomic E-state index is 0.253. The SMILES string of the molecule is C=CC1CCC2C3C(OCCCC(C)=O)CC4CC(OCCCC(C)=O)CCC4(C)C3CCC12C. The van der Waals surface area contributed by atoms with E-state index in [-0.39, 0.29) is 11.6 Å². The first kappa shape index (κ1) is 27.0. The van der Waals surface area contributed by atoms with Gasteiger partial charge in [-0.25, -0.2) is 0 Å². The molecule has 9 atom stereocenters. The molecule has 4 rings (SSSR count). The van der Waals surface area contributed by atoms with Crippen molar-refractivity contribution in [3.63, 3.8) is 0 Å². The first-order valence-corrected chi connectivity index (χ1v) is 14.5. The number of carbonyl (C=O) groups excluding carboxylic acids is 2. The van der Waals surface area contributed by atoms with Crippen molar-refractivity contribution in [1.82, 2.24) is 0 Å². The van der Waals surface area contributed by atoms with E-state index in [2.05, 4.69) is 26.5 Å². The van der Waals surface area contributed by atoms with Gasteiger partial charge in [0.25, 0.3) is 0 Å². The monoisotopic (exact) mass is 486 g/mol. The molecular weight excluding hydrogens is 436 g/mol. The lowest BCUT2D eigenvalue weighted by molar-refractivity contribution is -0.189. The van der Waals surface area contributed by atoms with Gasteiger partial charge >= 0.3 is 0 Å². The molecule has 4 fully saturated rings. The number of fused-ring (bicyclic) bond motifs is 5. The fourth-order valence-electron chi connectivity index (χ4n) is 9.04. The summed E-state index contributed by atoms with van der Waals surface area (Å²) in [6.45, 7) is 14.1. The first-order valence-electron chi connectivity index (χ1n) is 14.5. The smallest absolute Gasteiger partial charge is 0.129 e. The lowest BCUT2D eigenvalue weighted by Gasteiger charge is -2.63. The summed E-state index contributed by atoms with van der Waals surface area (Å²) in [7, 11) is 0. The number of allylic oxidation sites excluding steroid dienone is 1. The number of ether oxygens (including phenoxy) is 2. The van der Waals surface area contributed by atoms with Gasteiger partial charge in [0.05, 0.1) is 12.2 Å². The number of rotatable bonds is 11. The van der Waals surface area contributed by atoms with E-state index < -0.39 is 0 Å². The Labute approximate surface area is 214 Å². The average Bonchev–Trinajstić information content (AvgIpc) is 3.15. The van der Waals surface area contributed by atoms with E-state index >= 15 is 0 Å². The molecule has 0 aromatic heterocycles. The van der Waals surface area contributed by atoms with Crippen molar-refractivity contribution in [1.29, 1.82) is 0 Å². The molecule has 4 heteroatoms. The number of carbonyl (C=O) groups is 2. The van der Waals surface area contributed by atoms with E-state index in [1.165, 1.54) is 32.1 Å². The Morgan fingerprint density at radius 3 is 2.14 bits per heavy atom. The van der Waals surface area contributed by atoms with Gasteiger partial charge in [-0.3, -0.25) is 0 Å². The standard InChI is InChI=1S/C31H50O4/c1-6-23-11-12-26-29-27(14-16-30(23,26)4)31(5)15-13-25(34-17-7-9-21(2)32)19-24(31)20-28(29)35-18-8-10-22(3)33/h6,23-29H,1,7-20H2,2-5H3. The zero-order valence-electron chi connectivity index (χ0n) is 22.9. The van der Waals surface area contributed by atoms with Crippen LogP contribution in [0.2, 0.25) is 0 Å². The van der Waals surface area contributed by atoms with E-state index in [0.29, 0.717) is 66.8 Å². The van der Waals surface area contributed by atoms with E-state index in [1.807, 2.05) is 0 Å². The highest BCUT2D eigenvalue weighted by atomic mass is 16.5. The third-order valence-electron chi connectivity index (χ3n) is 11.0. The van der Waals surface area contributed by atoms with Gasteiger partial charge < -0.3 is 19.1 Å². The highest BCUT2D eigenvalue weighted by Gasteiger charge is 2.62. The van der Waals surface area contributed by atoms with Crippen LogP contribution in [-0.4, -0.2) is 37.0 Å². The van der Waals surface area contributed by atoms with Crippen LogP contribution in [0.1, 0.15) is 105 Å². The largest absolute Gasteiger partial charge is 0.378 e. The molecule has 198 valence electrons. The molecule has 0 heterocycles. The molecule has 0 radical (unpaired) electrons. The molecule has 0 aromatic rings. The Hall–Kier alpha value is -1.00. The van der Waals surface area contributed by atoms with Gasteiger partial charge in [0, 0.05) is 26.1 Å². The van der Waals surface area contributed by atoms with Crippen molar-refractivity contribution in [2.45, 2.75) is 117 Å². The third kappa shape index (κ3) is 5.49. The van der Waals surface area contributed by atoms with Crippen LogP contribution in [0.4, 0.5) is 0 Å². The lowest BCUT2D eigenvalue weighted by atomic mass is 9.44. The van der Waals surface area contributed by atoms with Gasteiger partial charge in [-0.15, -0.1) is 6.58 Å². The van der Waals surface area contributed by atoms with Gasteiger partial charge in [-0.2, -0.15) is 0 Å². The van der Waals surface area contributed by atoms with Gasteiger partial charge in [-0.05, 0) is 118 Å². The summed E-state index contributed by atoms with van der Waals surface area (Å²) in [5.41, 5.74) is 0.737. The van der Waals surface area contributed by atoms with Gasteiger partial charge in [0.1, 0.15) is 11.6 Å². The average molecular weight is 487 g/mol. The van der Waals surface area contributed by atoms with Crippen LogP contribution in [0.3, 0.4) is 0 Å². The van der Waals surface area contributed by atoms with Crippen LogP contribution in [0.25, 0.3) is 0 Å². The van der Waals surface area contributed by atoms with Crippen LogP contribution in [0.5, 0.6) is 0 Å². The maximum absolute atomic E-state index is 11.5. The molecule has 0 saturated heterocycles. The van der Waals surface area contributed by atoms with Crippen molar-refractivity contribution in [3.05, 3.63) is 12.7 Å². The highest BCUT2D eigenvalue weighted by Crippen LogP contribution is 2.68. The molecule has 0 amide bonds. The summed E-state index contributed by atoms with van der Waals surface area (Å²) >= 11 is 0. The number of hydrogen-bond donors (Lipinski definition) is 0. The van der Waals surface area contributed by atoms with E-state index in [9.17, 15) is 9.59 Å². The number of ketones is 2. The molecule has 0 bridgehead atoms. The topological polar surface area (TPSA) is 52.6 Å². The molecule has 0 aliphatic heterocycles. The summed E-state index contributed by atoms with van der Waals surface area (Å²) in [5, 5.41) is 0. The van der Waals surface area contributed by atoms with Crippen LogP contribution < -0.4 is 0 Å². The number of hydrogen-bond acceptors (Lipinski definition) is 4. The summed E-state index contributed by atoms with van der Waals surface area (Å²) in [4.78, 5) is 22.8. The van der Waals surface area contributed by atoms with Gasteiger partial charge in [0.15, 0.2) is 0 Å². The molecule has 0 N–H and O–H groups in total. The second-order valence-corrected chi connectivity index (χ2v) is 13.0. The Kier molecular flexibility index (Phi) is 8.63. The second kappa shape index (κ2) is 11.2. The van der Waals surface area contributed by atoms with Gasteiger partial charge in [-0.1, -0.05) is 19.9 Å². The minimum atomic E-state index is 0.253. The van der Waals surface area contributed by atoms with Crippen molar-refractivity contribution in [2.75, 3.05) is 13.2 Å². The molecule has 0 spiro atoms. The maximum atomic E-state index is 11.5. The summed E-state index contributed by atoms with van der Waals surface area (Å²) < 4.78 is 13.0. The highest BCUT2D eigenvalue weighted by molar-refractivity contribution is 5.75. The van der Waals surface area contributed by atoms with Crippen LogP contribution in [0.15, 0.2) is 12.7 Å². The van der Waals surface area contributed by atoms with Crippen LogP contribution >= 0.6 is 0 Å². The molecule has 4 saturated carbocycles. The molecule has 0 aromatic carbocycles. The predicted molar refractivity (Wildman–Crippen MR) is 140 cm³/mol. The third-order valence-corrected chi connectivity index (χ3v) is 11.0. The maximum Gasteiger partial charge on any atom is 0.129 e. The Balaban J connectivity index is 1.49. The zero-order valence-corrected chi connectivity index (χ0v) is 22.9. The van der Waals surface area contributed by atoms with Crippen molar-refractivity contribution in [2.24, 2.45) is 40.4 Å². The van der Waals surface area contributed by atoms with E-state index in [0.717, 1.165) is 43.9 Å². The molecule has 4 nitrogen and oxygen atoms in total. The van der Waals surface area contributed by atoms with Gasteiger partial charge in [0.2, 0.25) is 0 Å². The van der Waals surface area contributed by atoms with E-state index in [1.54, 1.807) is 13.8 Å². The lowest BCUT2D eigenvalue weighted by Crippen LogP contribution is -2.59. The molecule has 9 unspecified atom stereocenters. The fourth-order valence-corrected chi connectivity index (χ4v) is 9.04. The quantitative estimate of drug-likeness (QED) is 0.234. The molecular formula is C31H50O4. The first-order chi connectivity index (χ1) is 16.7. The van der Waals surface area contributed by atoms with Crippen molar-refractivity contribution >= 4 is 11.6 Å². The van der Waals surface area contributed by atoms with Crippen LogP contribution in [0, 0.1) is 40.4 Å². The van der Waals surface area contributed by atoms with Crippen molar-refractivity contribution < 1.29 is 19.1 Å². The summed E-state index contributed by atoms with van der Waals surface area (Å²) in [5.74, 6) is 3.85. The molecule has 4 aliphatic rings. The Bertz CT molecular complexity index is 776. The predicted octanol–water partition coefficient (Wildman–Crippen LogP) is 6.95. The second-order valence-electron chi connectivity index (χ2n) is 13.0. The zero-order chi connectivity index (χ0) is 25.2. The van der Waals surface area contributed by atoms with Crippen LogP contribution in [-0.2, 0) is 19.1 Å². The number of Topliss-reactive ketones (excluding diaryl/α,β-unsaturated/α-hetero) is 2. The van der Waals surface area contributed by atoms with Crippen molar-refractivity contribution in [3.8, 4) is 0 Å². The Morgan fingerprint density at radius 1 is 0.857 bits per heavy atom. The summed E-state index contributed by atoms with van der Waals surface area (Å²) in [6.07, 6.45) is 15.7. The normalized spacial score (nSPS) is 42.6. The fraction of sp³-hybridized carbons (Fsp3) is 0.871. The Morgan fingerprint density at radius 2 is 1.49 bits per heavy atom.